The van der Waals surface area contributed by atoms with Crippen LogP contribution in [-0.4, -0.2) is 47.9 Å². The smallest absolute Gasteiger partial charge is 0.260 e. The molecule has 0 saturated heterocycles. The first-order chi connectivity index (χ1) is 11.8. The maximum atomic E-state index is 14.0. The number of pyridine rings is 1. The SMILES string of the molecule is Cc1ccc(C(=O)N(CCN(C)C)Cc2ccc(F)cc2F)c(=O)[nH]1. The molecule has 0 fully saturated rings. The van der Waals surface area contributed by atoms with Crippen LogP contribution in [0.2, 0.25) is 0 Å². The van der Waals surface area contributed by atoms with Crippen LogP contribution in [0.4, 0.5) is 8.78 Å². The number of hydrogen-bond acceptors (Lipinski definition) is 3. The van der Waals surface area contributed by atoms with E-state index in [1.54, 1.807) is 13.0 Å². The third-order valence-electron chi connectivity index (χ3n) is 3.77. The zero-order valence-electron chi connectivity index (χ0n) is 14.5. The molecule has 25 heavy (non-hydrogen) atoms. The molecule has 1 N–H and O–H groups in total. The zero-order valence-corrected chi connectivity index (χ0v) is 14.5. The van der Waals surface area contributed by atoms with Crippen molar-refractivity contribution in [3.05, 3.63) is 69.1 Å². The van der Waals surface area contributed by atoms with Crippen molar-refractivity contribution < 1.29 is 13.6 Å². The van der Waals surface area contributed by atoms with Crippen LogP contribution in [0, 0.1) is 18.6 Å². The molecule has 7 heteroatoms. The number of carbonyl (C=O) groups excluding carboxylic acids is 1. The third kappa shape index (κ3) is 4.96. The molecule has 2 aromatic rings. The summed E-state index contributed by atoms with van der Waals surface area (Å²) in [6.07, 6.45) is 0. The number of rotatable bonds is 6. The molecule has 0 aliphatic carbocycles. The van der Waals surface area contributed by atoms with Gasteiger partial charge in [0, 0.05) is 37.0 Å². The number of H-pyrrole nitrogens is 1. The Hall–Kier alpha value is -2.54. The van der Waals surface area contributed by atoms with Crippen molar-refractivity contribution >= 4 is 5.91 Å². The van der Waals surface area contributed by atoms with Gasteiger partial charge in [0.15, 0.2) is 0 Å². The number of halogens is 2. The van der Waals surface area contributed by atoms with E-state index < -0.39 is 23.1 Å². The summed E-state index contributed by atoms with van der Waals surface area (Å²) in [4.78, 5) is 30.7. The van der Waals surface area contributed by atoms with E-state index in [4.69, 9.17) is 0 Å². The van der Waals surface area contributed by atoms with E-state index in [1.807, 2.05) is 19.0 Å². The standard InChI is InChI=1S/C18H21F2N3O2/c1-12-4-7-15(17(24)21-12)18(25)23(9-8-22(2)3)11-13-5-6-14(19)10-16(13)20/h4-7,10H,8-9,11H2,1-3H3,(H,21,24). The number of aromatic amines is 1. The van der Waals surface area contributed by atoms with Crippen LogP contribution in [0.25, 0.3) is 0 Å². The second-order valence-electron chi connectivity index (χ2n) is 6.15. The lowest BCUT2D eigenvalue weighted by molar-refractivity contribution is 0.0728. The summed E-state index contributed by atoms with van der Waals surface area (Å²) in [5.74, 6) is -1.89. The zero-order chi connectivity index (χ0) is 18.6. The molecule has 0 radical (unpaired) electrons. The summed E-state index contributed by atoms with van der Waals surface area (Å²) in [6, 6.07) is 6.33. The minimum absolute atomic E-state index is 0.00752. The molecule has 1 aromatic heterocycles. The Balaban J connectivity index is 2.31. The van der Waals surface area contributed by atoms with Gasteiger partial charge >= 0.3 is 0 Å². The van der Waals surface area contributed by atoms with Crippen molar-refractivity contribution in [2.45, 2.75) is 13.5 Å². The lowest BCUT2D eigenvalue weighted by Gasteiger charge is -2.24. The Bertz CT molecular complexity index is 818. The van der Waals surface area contributed by atoms with Crippen LogP contribution in [0.1, 0.15) is 21.6 Å². The second-order valence-corrected chi connectivity index (χ2v) is 6.15. The average molecular weight is 349 g/mol. The Morgan fingerprint density at radius 1 is 1.12 bits per heavy atom. The molecule has 0 aliphatic rings. The van der Waals surface area contributed by atoms with Crippen molar-refractivity contribution in [2.24, 2.45) is 0 Å². The second kappa shape index (κ2) is 8.02. The Morgan fingerprint density at radius 2 is 1.84 bits per heavy atom. The van der Waals surface area contributed by atoms with Crippen LogP contribution in [-0.2, 0) is 6.54 Å². The fourth-order valence-corrected chi connectivity index (χ4v) is 2.34. The Morgan fingerprint density at radius 3 is 2.44 bits per heavy atom. The third-order valence-corrected chi connectivity index (χ3v) is 3.77. The van der Waals surface area contributed by atoms with Gasteiger partial charge in [0.25, 0.3) is 11.5 Å². The highest BCUT2D eigenvalue weighted by atomic mass is 19.1. The van der Waals surface area contributed by atoms with Crippen molar-refractivity contribution in [3.63, 3.8) is 0 Å². The Labute approximate surface area is 144 Å². The lowest BCUT2D eigenvalue weighted by Crippen LogP contribution is -2.38. The van der Waals surface area contributed by atoms with Crippen molar-refractivity contribution in [1.82, 2.24) is 14.8 Å². The highest BCUT2D eigenvalue weighted by Crippen LogP contribution is 2.14. The largest absolute Gasteiger partial charge is 0.333 e. The van der Waals surface area contributed by atoms with E-state index in [-0.39, 0.29) is 17.7 Å². The van der Waals surface area contributed by atoms with Crippen molar-refractivity contribution in [1.29, 1.82) is 0 Å². The molecular formula is C18H21F2N3O2. The highest BCUT2D eigenvalue weighted by molar-refractivity contribution is 5.93. The first-order valence-corrected chi connectivity index (χ1v) is 7.86. The lowest BCUT2D eigenvalue weighted by atomic mass is 10.1. The summed E-state index contributed by atoms with van der Waals surface area (Å²) < 4.78 is 27.0. The number of aromatic nitrogens is 1. The number of likely N-dealkylation sites (N-methyl/N-ethyl adjacent to an activating group) is 1. The monoisotopic (exact) mass is 349 g/mol. The number of aryl methyl sites for hydroxylation is 1. The molecular weight excluding hydrogens is 328 g/mol. The van der Waals surface area contributed by atoms with Crippen LogP contribution in [0.3, 0.4) is 0 Å². The summed E-state index contributed by atoms with van der Waals surface area (Å²) in [5.41, 5.74) is 0.342. The number of carbonyl (C=O) groups is 1. The van der Waals surface area contributed by atoms with Gasteiger partial charge in [-0.25, -0.2) is 8.78 Å². The fraction of sp³-hybridized carbons (Fsp3) is 0.333. The number of nitrogens with one attached hydrogen (secondary N) is 1. The van der Waals surface area contributed by atoms with Gasteiger partial charge in [-0.1, -0.05) is 6.07 Å². The molecule has 0 aliphatic heterocycles. The number of amides is 1. The minimum atomic E-state index is -0.722. The molecule has 5 nitrogen and oxygen atoms in total. The molecule has 1 heterocycles. The van der Waals surface area contributed by atoms with Gasteiger partial charge in [-0.15, -0.1) is 0 Å². The first kappa shape index (κ1) is 18.8. The topological polar surface area (TPSA) is 56.4 Å². The molecule has 1 amide bonds. The predicted molar refractivity (Wildman–Crippen MR) is 91.5 cm³/mol. The quantitative estimate of drug-likeness (QED) is 0.870. The molecule has 1 aromatic carbocycles. The van der Waals surface area contributed by atoms with Gasteiger partial charge in [0.1, 0.15) is 17.2 Å². The van der Waals surface area contributed by atoms with E-state index >= 15 is 0 Å². The van der Waals surface area contributed by atoms with Gasteiger partial charge in [0.2, 0.25) is 0 Å². The first-order valence-electron chi connectivity index (χ1n) is 7.86. The van der Waals surface area contributed by atoms with Crippen molar-refractivity contribution in [2.75, 3.05) is 27.2 Å². The summed E-state index contributed by atoms with van der Waals surface area (Å²) in [6.45, 7) is 2.51. The normalized spacial score (nSPS) is 11.0. The Kier molecular flexibility index (Phi) is 6.03. The maximum Gasteiger partial charge on any atom is 0.260 e. The van der Waals surface area contributed by atoms with E-state index in [9.17, 15) is 18.4 Å². The van der Waals surface area contributed by atoms with E-state index in [2.05, 4.69) is 4.98 Å². The molecule has 134 valence electrons. The summed E-state index contributed by atoms with van der Waals surface area (Å²) >= 11 is 0. The number of benzene rings is 1. The summed E-state index contributed by atoms with van der Waals surface area (Å²) in [5, 5.41) is 0. The molecule has 0 spiro atoms. The molecule has 0 bridgehead atoms. The van der Waals surface area contributed by atoms with Gasteiger partial charge in [-0.2, -0.15) is 0 Å². The highest BCUT2D eigenvalue weighted by Gasteiger charge is 2.20. The van der Waals surface area contributed by atoms with Gasteiger partial charge in [-0.3, -0.25) is 9.59 Å². The number of hydrogen-bond donors (Lipinski definition) is 1. The molecule has 2 rings (SSSR count). The molecule has 0 atom stereocenters. The molecule has 0 unspecified atom stereocenters. The molecule has 0 saturated carbocycles. The van der Waals surface area contributed by atoms with E-state index in [0.717, 1.165) is 12.1 Å². The fourth-order valence-electron chi connectivity index (χ4n) is 2.34. The average Bonchev–Trinajstić information content (AvgIpc) is 2.52. The van der Waals surface area contributed by atoms with E-state index in [1.165, 1.54) is 17.0 Å². The van der Waals surface area contributed by atoms with Gasteiger partial charge in [-0.05, 0) is 39.2 Å². The van der Waals surface area contributed by atoms with Gasteiger partial charge in [0.05, 0.1) is 0 Å². The minimum Gasteiger partial charge on any atom is -0.333 e. The van der Waals surface area contributed by atoms with Crippen molar-refractivity contribution in [3.8, 4) is 0 Å². The van der Waals surface area contributed by atoms with E-state index in [0.29, 0.717) is 18.8 Å². The summed E-state index contributed by atoms with van der Waals surface area (Å²) in [7, 11) is 3.69. The number of nitrogens with zero attached hydrogens (tertiary/aromatic N) is 2. The van der Waals surface area contributed by atoms with Crippen LogP contribution in [0.15, 0.2) is 35.1 Å². The predicted octanol–water partition coefficient (Wildman–Crippen LogP) is 2.17. The van der Waals surface area contributed by atoms with Crippen LogP contribution >= 0.6 is 0 Å². The van der Waals surface area contributed by atoms with Crippen LogP contribution < -0.4 is 5.56 Å². The maximum absolute atomic E-state index is 14.0. The van der Waals surface area contributed by atoms with Gasteiger partial charge < -0.3 is 14.8 Å². The van der Waals surface area contributed by atoms with Crippen LogP contribution in [0.5, 0.6) is 0 Å².